The van der Waals surface area contributed by atoms with Gasteiger partial charge in [-0.25, -0.2) is 4.79 Å². The number of carbonyl (C=O) groups excluding carboxylic acids is 4. The van der Waals surface area contributed by atoms with Crippen molar-refractivity contribution in [3.05, 3.63) is 59.7 Å². The average molecular weight is 588 g/mol. The van der Waals surface area contributed by atoms with Gasteiger partial charge in [-0.3, -0.25) is 24.0 Å². The zero-order valence-corrected chi connectivity index (χ0v) is 22.4. The highest BCUT2D eigenvalue weighted by molar-refractivity contribution is 5.95. The molecule has 4 atom stereocenters. The molecule has 15 heteroatoms. The lowest BCUT2D eigenvalue weighted by atomic mass is 10.0. The fraction of sp³-hybridized carbons (Fsp3) is 0.333. The number of nitrogens with two attached hydrogens (primary N) is 2. The lowest BCUT2D eigenvalue weighted by molar-refractivity contribution is -0.142. The van der Waals surface area contributed by atoms with Gasteiger partial charge in [0.2, 0.25) is 23.6 Å². The molecule has 0 bridgehead atoms. The maximum atomic E-state index is 13.3. The van der Waals surface area contributed by atoms with Crippen molar-refractivity contribution < 1.29 is 49.2 Å². The third-order valence-corrected chi connectivity index (χ3v) is 6.04. The molecular weight excluding hydrogens is 554 g/mol. The number of benzene rings is 2. The Kier molecular flexibility index (Phi) is 12.2. The van der Waals surface area contributed by atoms with Gasteiger partial charge in [-0.1, -0.05) is 24.3 Å². The predicted molar refractivity (Wildman–Crippen MR) is 146 cm³/mol. The van der Waals surface area contributed by atoms with E-state index in [9.17, 15) is 44.1 Å². The van der Waals surface area contributed by atoms with Crippen LogP contribution in [0.5, 0.6) is 11.5 Å². The minimum absolute atomic E-state index is 0.0400. The summed E-state index contributed by atoms with van der Waals surface area (Å²) in [5.41, 5.74) is 11.8. The number of aromatic hydroxyl groups is 2. The van der Waals surface area contributed by atoms with Crippen LogP contribution in [0.4, 0.5) is 0 Å². The Morgan fingerprint density at radius 3 is 1.55 bits per heavy atom. The fourth-order valence-electron chi connectivity index (χ4n) is 3.80. The largest absolute Gasteiger partial charge is 0.508 e. The molecule has 0 aliphatic carbocycles. The van der Waals surface area contributed by atoms with Crippen LogP contribution < -0.4 is 27.4 Å². The number of primary amides is 1. The number of nitrogens with one attached hydrogen (secondary N) is 3. The molecule has 2 aromatic rings. The molecule has 4 amide bonds. The first-order chi connectivity index (χ1) is 19.7. The SMILES string of the molecule is NC(=O)CCC(NC(=O)C(Cc1ccc(O)cc1)NC(=O)C(N)CC(=O)O)C(=O)NC(Cc1ccc(O)cc1)C(=O)O. The van der Waals surface area contributed by atoms with Gasteiger partial charge in [0.15, 0.2) is 0 Å². The molecular formula is C27H33N5O10. The van der Waals surface area contributed by atoms with E-state index in [1.807, 2.05) is 0 Å². The summed E-state index contributed by atoms with van der Waals surface area (Å²) in [5.74, 6) is -6.47. The van der Waals surface area contributed by atoms with Crippen molar-refractivity contribution in [1.82, 2.24) is 16.0 Å². The van der Waals surface area contributed by atoms with Crippen molar-refractivity contribution in [2.45, 2.75) is 56.3 Å². The van der Waals surface area contributed by atoms with Crippen LogP contribution in [0.1, 0.15) is 30.4 Å². The van der Waals surface area contributed by atoms with E-state index in [4.69, 9.17) is 16.6 Å². The molecule has 0 aliphatic rings. The second-order valence-corrected chi connectivity index (χ2v) is 9.47. The normalized spacial score (nSPS) is 13.5. The van der Waals surface area contributed by atoms with Crippen LogP contribution >= 0.6 is 0 Å². The van der Waals surface area contributed by atoms with Crippen LogP contribution in [0.25, 0.3) is 0 Å². The van der Waals surface area contributed by atoms with Crippen molar-refractivity contribution in [3.63, 3.8) is 0 Å². The molecule has 0 heterocycles. The van der Waals surface area contributed by atoms with Crippen LogP contribution in [-0.2, 0) is 41.6 Å². The highest BCUT2D eigenvalue weighted by Gasteiger charge is 2.31. The second kappa shape index (κ2) is 15.6. The standard InChI is InChI=1S/C27H33N5O10/c28-18(13-23(36)37)24(38)31-20(11-14-1-5-16(33)6-2-14)26(40)30-19(9-10-22(29)35)25(39)32-21(27(41)42)12-15-3-7-17(34)8-4-15/h1-8,18-21,33-34H,9-13,28H2,(H2,29,35)(H,30,40)(H,31,38)(H,32,39)(H,36,37)(H,41,42). The van der Waals surface area contributed by atoms with Crippen LogP contribution in [-0.4, -0.2) is 80.2 Å². The summed E-state index contributed by atoms with van der Waals surface area (Å²) < 4.78 is 0. The van der Waals surface area contributed by atoms with E-state index in [0.717, 1.165) is 0 Å². The van der Waals surface area contributed by atoms with E-state index in [1.54, 1.807) is 0 Å². The number of phenols is 2. The van der Waals surface area contributed by atoms with Gasteiger partial charge in [-0.15, -0.1) is 0 Å². The molecule has 0 aromatic heterocycles. The number of hydrogen-bond acceptors (Lipinski definition) is 9. The molecule has 2 rings (SSSR count). The van der Waals surface area contributed by atoms with Crippen LogP contribution in [0.15, 0.2) is 48.5 Å². The maximum Gasteiger partial charge on any atom is 0.326 e. The second-order valence-electron chi connectivity index (χ2n) is 9.47. The molecule has 42 heavy (non-hydrogen) atoms. The highest BCUT2D eigenvalue weighted by Crippen LogP contribution is 2.13. The third kappa shape index (κ3) is 11.1. The zero-order chi connectivity index (χ0) is 31.4. The summed E-state index contributed by atoms with van der Waals surface area (Å²) in [6.07, 6.45) is -1.72. The summed E-state index contributed by atoms with van der Waals surface area (Å²) in [4.78, 5) is 73.3. The molecule has 0 radical (unpaired) electrons. The topological polar surface area (TPSA) is 271 Å². The molecule has 226 valence electrons. The first kappa shape index (κ1) is 33.0. The molecule has 4 unspecified atom stereocenters. The van der Waals surface area contributed by atoms with E-state index in [2.05, 4.69) is 16.0 Å². The summed E-state index contributed by atoms with van der Waals surface area (Å²) >= 11 is 0. The van der Waals surface area contributed by atoms with Gasteiger partial charge in [0, 0.05) is 19.3 Å². The average Bonchev–Trinajstić information content (AvgIpc) is 2.91. The molecule has 15 nitrogen and oxygen atoms in total. The Hall–Kier alpha value is -5.18. The Morgan fingerprint density at radius 2 is 1.10 bits per heavy atom. The molecule has 11 N–H and O–H groups in total. The van der Waals surface area contributed by atoms with Crippen molar-refractivity contribution in [2.75, 3.05) is 0 Å². The minimum atomic E-state index is -1.50. The lowest BCUT2D eigenvalue weighted by Crippen LogP contribution is -2.58. The monoisotopic (exact) mass is 587 g/mol. The summed E-state index contributed by atoms with van der Waals surface area (Å²) in [5, 5.41) is 44.7. The first-order valence-corrected chi connectivity index (χ1v) is 12.7. The molecule has 0 saturated carbocycles. The first-order valence-electron chi connectivity index (χ1n) is 12.7. The number of amides is 4. The van der Waals surface area contributed by atoms with Gasteiger partial charge in [0.1, 0.15) is 29.6 Å². The molecule has 0 aliphatic heterocycles. The Labute approximate surface area is 239 Å². The van der Waals surface area contributed by atoms with E-state index in [0.29, 0.717) is 11.1 Å². The van der Waals surface area contributed by atoms with Crippen LogP contribution in [0.2, 0.25) is 0 Å². The number of carbonyl (C=O) groups is 6. The molecule has 0 saturated heterocycles. The van der Waals surface area contributed by atoms with Crippen LogP contribution in [0.3, 0.4) is 0 Å². The molecule has 0 spiro atoms. The number of phenolic OH excluding ortho intramolecular Hbond substituents is 2. The quantitative estimate of drug-likeness (QED) is 0.109. The van der Waals surface area contributed by atoms with Gasteiger partial charge in [0.25, 0.3) is 0 Å². The van der Waals surface area contributed by atoms with Crippen molar-refractivity contribution in [3.8, 4) is 11.5 Å². The van der Waals surface area contributed by atoms with Gasteiger partial charge in [0.05, 0.1) is 12.5 Å². The van der Waals surface area contributed by atoms with E-state index in [1.165, 1.54) is 48.5 Å². The Bertz CT molecular complexity index is 1280. The van der Waals surface area contributed by atoms with Crippen molar-refractivity contribution in [2.24, 2.45) is 11.5 Å². The van der Waals surface area contributed by atoms with Gasteiger partial charge < -0.3 is 47.8 Å². The predicted octanol–water partition coefficient (Wildman–Crippen LogP) is -1.51. The highest BCUT2D eigenvalue weighted by atomic mass is 16.4. The lowest BCUT2D eigenvalue weighted by Gasteiger charge is -2.25. The van der Waals surface area contributed by atoms with Crippen molar-refractivity contribution >= 4 is 35.6 Å². The third-order valence-electron chi connectivity index (χ3n) is 6.04. The summed E-state index contributed by atoms with van der Waals surface area (Å²) in [6.45, 7) is 0. The number of aliphatic carboxylic acids is 2. The summed E-state index contributed by atoms with van der Waals surface area (Å²) in [7, 11) is 0. The Balaban J connectivity index is 2.27. The number of rotatable bonds is 16. The van der Waals surface area contributed by atoms with Crippen LogP contribution in [0, 0.1) is 0 Å². The van der Waals surface area contributed by atoms with Crippen molar-refractivity contribution in [1.29, 1.82) is 0 Å². The number of hydrogen-bond donors (Lipinski definition) is 9. The van der Waals surface area contributed by atoms with Gasteiger partial charge in [-0.05, 0) is 41.8 Å². The van der Waals surface area contributed by atoms with E-state index in [-0.39, 0.29) is 37.2 Å². The van der Waals surface area contributed by atoms with Gasteiger partial charge >= 0.3 is 11.9 Å². The minimum Gasteiger partial charge on any atom is -0.508 e. The zero-order valence-electron chi connectivity index (χ0n) is 22.4. The number of carboxylic acids is 2. The smallest absolute Gasteiger partial charge is 0.326 e. The van der Waals surface area contributed by atoms with E-state index >= 15 is 0 Å². The molecule has 2 aromatic carbocycles. The summed E-state index contributed by atoms with van der Waals surface area (Å²) in [6, 6.07) is 5.44. The Morgan fingerprint density at radius 1 is 0.667 bits per heavy atom. The molecule has 0 fully saturated rings. The van der Waals surface area contributed by atoms with Gasteiger partial charge in [-0.2, -0.15) is 0 Å². The number of carboxylic acid groups (broad SMARTS) is 2. The maximum absolute atomic E-state index is 13.3. The fourth-order valence-corrected chi connectivity index (χ4v) is 3.80. The van der Waals surface area contributed by atoms with E-state index < -0.39 is 66.2 Å².